The van der Waals surface area contributed by atoms with Crippen LogP contribution in [0.5, 0.6) is 0 Å². The molecule has 0 aliphatic carbocycles. The number of aromatic nitrogens is 1. The van der Waals surface area contributed by atoms with E-state index in [0.717, 1.165) is 29.7 Å². The van der Waals surface area contributed by atoms with E-state index in [9.17, 15) is 9.59 Å². The molecule has 0 unspecified atom stereocenters. The lowest BCUT2D eigenvalue weighted by atomic mass is 10.00. The summed E-state index contributed by atoms with van der Waals surface area (Å²) in [6.07, 6.45) is 5.29. The first-order valence-electron chi connectivity index (χ1n) is 9.49. The van der Waals surface area contributed by atoms with Crippen molar-refractivity contribution in [3.63, 3.8) is 0 Å². The maximum atomic E-state index is 13.0. The van der Waals surface area contributed by atoms with E-state index >= 15 is 0 Å². The van der Waals surface area contributed by atoms with Crippen LogP contribution in [0.1, 0.15) is 27.9 Å². The van der Waals surface area contributed by atoms with Gasteiger partial charge in [-0.25, -0.2) is 0 Å². The number of carbonyl (C=O) groups is 2. The molecule has 0 fully saturated rings. The van der Waals surface area contributed by atoms with Gasteiger partial charge in [0.2, 0.25) is 5.91 Å². The summed E-state index contributed by atoms with van der Waals surface area (Å²) in [5.74, 6) is -0.197. The van der Waals surface area contributed by atoms with Gasteiger partial charge in [0.1, 0.15) is 0 Å². The number of carbonyl (C=O) groups excluding carboxylic acids is 2. The van der Waals surface area contributed by atoms with Gasteiger partial charge in [-0.1, -0.05) is 29.8 Å². The third-order valence-electron chi connectivity index (χ3n) is 4.92. The van der Waals surface area contributed by atoms with E-state index < -0.39 is 0 Å². The smallest absolute Gasteiger partial charge is 0.259 e. The number of nitrogens with zero attached hydrogens (tertiary/aromatic N) is 2. The average molecular weight is 406 g/mol. The first-order valence-corrected chi connectivity index (χ1v) is 9.87. The number of hydrogen-bond acceptors (Lipinski definition) is 3. The molecule has 5 nitrogen and oxygen atoms in total. The number of hydrogen-bond donors (Lipinski definition) is 1. The molecule has 2 amide bonds. The van der Waals surface area contributed by atoms with Crippen molar-refractivity contribution in [3.8, 4) is 0 Å². The molecule has 6 heteroatoms. The molecule has 0 saturated carbocycles. The maximum absolute atomic E-state index is 13.0. The van der Waals surface area contributed by atoms with Gasteiger partial charge in [-0.2, -0.15) is 0 Å². The van der Waals surface area contributed by atoms with Gasteiger partial charge in [-0.05, 0) is 60.4 Å². The van der Waals surface area contributed by atoms with E-state index in [1.807, 2.05) is 30.3 Å². The van der Waals surface area contributed by atoms with E-state index in [0.29, 0.717) is 22.8 Å². The standard InChI is InChI=1S/C23H20ClN3O2/c24-19-8-5-16(6-9-19)13-22(28)26-20-10-7-17-4-2-12-27(21(17)14-20)23(29)18-3-1-11-25-15-18/h1,3,5-11,14-15H,2,4,12-13H2,(H,26,28). The number of anilines is 2. The number of amides is 2. The number of benzene rings is 2. The predicted octanol–water partition coefficient (Wildman–Crippen LogP) is 4.51. The number of pyridine rings is 1. The summed E-state index contributed by atoms with van der Waals surface area (Å²) in [7, 11) is 0. The van der Waals surface area contributed by atoms with Crippen molar-refractivity contribution in [2.24, 2.45) is 0 Å². The first-order chi connectivity index (χ1) is 14.1. The van der Waals surface area contributed by atoms with E-state index in [2.05, 4.69) is 10.3 Å². The summed E-state index contributed by atoms with van der Waals surface area (Å²) < 4.78 is 0. The Morgan fingerprint density at radius 2 is 1.93 bits per heavy atom. The van der Waals surface area contributed by atoms with Gasteiger partial charge >= 0.3 is 0 Å². The second kappa shape index (κ2) is 8.45. The normalized spacial score (nSPS) is 12.9. The zero-order valence-corrected chi connectivity index (χ0v) is 16.5. The largest absolute Gasteiger partial charge is 0.326 e. The van der Waals surface area contributed by atoms with Crippen molar-refractivity contribution < 1.29 is 9.59 Å². The van der Waals surface area contributed by atoms with Gasteiger partial charge in [0, 0.05) is 35.3 Å². The summed E-state index contributed by atoms with van der Waals surface area (Å²) in [6, 6.07) is 16.5. The van der Waals surface area contributed by atoms with E-state index in [1.165, 1.54) is 0 Å². The van der Waals surface area contributed by atoms with Crippen LogP contribution in [0, 0.1) is 0 Å². The molecule has 1 aliphatic rings. The second-order valence-electron chi connectivity index (χ2n) is 7.00. The average Bonchev–Trinajstić information content (AvgIpc) is 2.75. The van der Waals surface area contributed by atoms with Crippen LogP contribution in [0.15, 0.2) is 67.0 Å². The third-order valence-corrected chi connectivity index (χ3v) is 5.17. The molecule has 2 aromatic carbocycles. The highest BCUT2D eigenvalue weighted by Gasteiger charge is 2.24. The SMILES string of the molecule is O=C(Cc1ccc(Cl)cc1)Nc1ccc2c(c1)N(C(=O)c1cccnc1)CCC2. The number of nitrogens with one attached hydrogen (secondary N) is 1. The molecule has 0 spiro atoms. The molecular formula is C23H20ClN3O2. The molecule has 1 N–H and O–H groups in total. The Morgan fingerprint density at radius 3 is 2.69 bits per heavy atom. The van der Waals surface area contributed by atoms with Crippen molar-refractivity contribution in [1.82, 2.24) is 4.98 Å². The Bertz CT molecular complexity index is 1040. The molecule has 0 radical (unpaired) electrons. The molecule has 29 heavy (non-hydrogen) atoms. The topological polar surface area (TPSA) is 62.3 Å². The Morgan fingerprint density at radius 1 is 1.10 bits per heavy atom. The molecule has 4 rings (SSSR count). The Labute approximate surface area is 174 Å². The molecule has 146 valence electrons. The minimum Gasteiger partial charge on any atom is -0.326 e. The van der Waals surface area contributed by atoms with Crippen LogP contribution >= 0.6 is 11.6 Å². The first kappa shape index (κ1) is 19.2. The highest BCUT2D eigenvalue weighted by atomic mass is 35.5. The van der Waals surface area contributed by atoms with Gasteiger partial charge < -0.3 is 10.2 Å². The second-order valence-corrected chi connectivity index (χ2v) is 7.43. The molecule has 0 atom stereocenters. The van der Waals surface area contributed by atoms with Crippen LogP contribution in [0.4, 0.5) is 11.4 Å². The molecule has 0 bridgehead atoms. The monoisotopic (exact) mass is 405 g/mol. The fourth-order valence-electron chi connectivity index (χ4n) is 3.50. The molecule has 3 aromatic rings. The summed E-state index contributed by atoms with van der Waals surface area (Å²) in [6.45, 7) is 0.642. The lowest BCUT2D eigenvalue weighted by molar-refractivity contribution is -0.115. The van der Waals surface area contributed by atoms with Crippen LogP contribution in [-0.4, -0.2) is 23.3 Å². The van der Waals surface area contributed by atoms with Crippen molar-refractivity contribution in [1.29, 1.82) is 0 Å². The Balaban J connectivity index is 1.52. The van der Waals surface area contributed by atoms with Crippen molar-refractivity contribution in [2.45, 2.75) is 19.3 Å². The predicted molar refractivity (Wildman–Crippen MR) is 114 cm³/mol. The van der Waals surface area contributed by atoms with Crippen LogP contribution in [0.25, 0.3) is 0 Å². The third kappa shape index (κ3) is 4.46. The van der Waals surface area contributed by atoms with Crippen LogP contribution in [0.3, 0.4) is 0 Å². The molecule has 1 aliphatic heterocycles. The number of fused-ring (bicyclic) bond motifs is 1. The molecule has 0 saturated heterocycles. The fourth-order valence-corrected chi connectivity index (χ4v) is 3.63. The zero-order valence-electron chi connectivity index (χ0n) is 15.8. The van der Waals surface area contributed by atoms with Gasteiger partial charge in [0.05, 0.1) is 12.0 Å². The minimum absolute atomic E-state index is 0.0799. The Hall–Kier alpha value is -3.18. The number of aryl methyl sites for hydroxylation is 1. The van der Waals surface area contributed by atoms with E-state index in [1.54, 1.807) is 41.6 Å². The van der Waals surface area contributed by atoms with Crippen LogP contribution in [-0.2, 0) is 17.6 Å². The quantitative estimate of drug-likeness (QED) is 0.694. The highest BCUT2D eigenvalue weighted by molar-refractivity contribution is 6.30. The van der Waals surface area contributed by atoms with E-state index in [-0.39, 0.29) is 18.2 Å². The van der Waals surface area contributed by atoms with Gasteiger partial charge in [-0.15, -0.1) is 0 Å². The maximum Gasteiger partial charge on any atom is 0.259 e. The molecule has 1 aromatic heterocycles. The highest BCUT2D eigenvalue weighted by Crippen LogP contribution is 2.31. The summed E-state index contributed by atoms with van der Waals surface area (Å²) >= 11 is 5.89. The van der Waals surface area contributed by atoms with Gasteiger partial charge in [0.25, 0.3) is 5.91 Å². The lowest BCUT2D eigenvalue weighted by Gasteiger charge is -2.30. The number of rotatable bonds is 4. The van der Waals surface area contributed by atoms with Crippen molar-refractivity contribution >= 4 is 34.8 Å². The summed E-state index contributed by atoms with van der Waals surface area (Å²) in [4.78, 5) is 31.2. The van der Waals surface area contributed by atoms with Gasteiger partial charge in [0.15, 0.2) is 0 Å². The van der Waals surface area contributed by atoms with Crippen LogP contribution in [0.2, 0.25) is 5.02 Å². The lowest BCUT2D eigenvalue weighted by Crippen LogP contribution is -2.35. The van der Waals surface area contributed by atoms with Gasteiger partial charge in [-0.3, -0.25) is 14.6 Å². The molecule has 2 heterocycles. The summed E-state index contributed by atoms with van der Waals surface area (Å²) in [5, 5.41) is 3.57. The Kier molecular flexibility index (Phi) is 5.58. The zero-order chi connectivity index (χ0) is 20.2. The van der Waals surface area contributed by atoms with Crippen molar-refractivity contribution in [2.75, 3.05) is 16.8 Å². The van der Waals surface area contributed by atoms with E-state index in [4.69, 9.17) is 11.6 Å². The minimum atomic E-state index is -0.117. The van der Waals surface area contributed by atoms with Crippen LogP contribution < -0.4 is 10.2 Å². The molecular weight excluding hydrogens is 386 g/mol. The summed E-state index contributed by atoms with van der Waals surface area (Å²) in [5.41, 5.74) is 4.06. The fraction of sp³-hybridized carbons (Fsp3) is 0.174. The van der Waals surface area contributed by atoms with Crippen molar-refractivity contribution in [3.05, 3.63) is 88.7 Å². The number of halogens is 1.